The molecule has 2 N–H and O–H groups in total. The molecular weight excluding hydrogens is 685 g/mol. The van der Waals surface area contributed by atoms with Gasteiger partial charge in [0.2, 0.25) is 11.8 Å². The third-order valence-electron chi connectivity index (χ3n) is 11.6. The first-order valence-corrected chi connectivity index (χ1v) is 20.2. The number of fused-ring (bicyclic) bond motifs is 1. The highest BCUT2D eigenvalue weighted by atomic mass is 16.3. The van der Waals surface area contributed by atoms with Crippen molar-refractivity contribution in [3.8, 4) is 5.75 Å². The summed E-state index contributed by atoms with van der Waals surface area (Å²) in [5, 5.41) is 12.3. The number of hydrogen-bond donors (Lipinski definition) is 2. The number of phenols is 1. The number of nitrogens with zero attached hydrogens (tertiary/aromatic N) is 3. The van der Waals surface area contributed by atoms with E-state index in [1.807, 2.05) is 18.2 Å². The van der Waals surface area contributed by atoms with Gasteiger partial charge in [-0.15, -0.1) is 0 Å². The maximum atomic E-state index is 13.1. The maximum Gasteiger partial charge on any atom is 0.255 e. The van der Waals surface area contributed by atoms with E-state index in [1.165, 1.54) is 59.1 Å². The minimum Gasteiger partial charge on any atom is -0.508 e. The van der Waals surface area contributed by atoms with Crippen LogP contribution < -0.4 is 5.32 Å². The van der Waals surface area contributed by atoms with Crippen molar-refractivity contribution in [2.45, 2.75) is 77.3 Å². The lowest BCUT2D eigenvalue weighted by Crippen LogP contribution is -2.52. The van der Waals surface area contributed by atoms with Crippen LogP contribution in [0.25, 0.3) is 11.1 Å². The third kappa shape index (κ3) is 9.43. The van der Waals surface area contributed by atoms with E-state index in [4.69, 9.17) is 0 Å². The van der Waals surface area contributed by atoms with E-state index in [-0.39, 0.29) is 29.9 Å². The summed E-state index contributed by atoms with van der Waals surface area (Å²) in [6, 6.07) is 32.8. The molecule has 0 bridgehead atoms. The van der Waals surface area contributed by atoms with Crippen LogP contribution >= 0.6 is 0 Å². The molecule has 0 aromatic heterocycles. The number of aromatic hydroxyl groups is 1. The van der Waals surface area contributed by atoms with Crippen molar-refractivity contribution in [1.29, 1.82) is 0 Å². The van der Waals surface area contributed by atoms with Crippen LogP contribution in [-0.4, -0.2) is 82.8 Å². The van der Waals surface area contributed by atoms with Crippen molar-refractivity contribution in [3.63, 3.8) is 0 Å². The lowest BCUT2D eigenvalue weighted by atomic mass is 9.87. The summed E-state index contributed by atoms with van der Waals surface area (Å²) < 4.78 is 0. The normalized spacial score (nSPS) is 18.5. The summed E-state index contributed by atoms with van der Waals surface area (Å²) in [7, 11) is 0. The number of carbonyl (C=O) groups excluding carboxylic acids is 3. The van der Waals surface area contributed by atoms with Crippen molar-refractivity contribution < 1.29 is 19.5 Å². The van der Waals surface area contributed by atoms with Crippen LogP contribution in [0.5, 0.6) is 5.75 Å². The van der Waals surface area contributed by atoms with Gasteiger partial charge in [0, 0.05) is 38.2 Å². The Kier molecular flexibility index (Phi) is 12.6. The highest BCUT2D eigenvalue weighted by Crippen LogP contribution is 2.35. The lowest BCUT2D eigenvalue weighted by molar-refractivity contribution is -0.136. The molecule has 0 saturated carbocycles. The van der Waals surface area contributed by atoms with Gasteiger partial charge in [0.05, 0.1) is 0 Å². The van der Waals surface area contributed by atoms with E-state index >= 15 is 0 Å². The monoisotopic (exact) mass is 738 g/mol. The molecule has 4 aromatic rings. The highest BCUT2D eigenvalue weighted by Gasteiger charge is 2.39. The third-order valence-corrected chi connectivity index (χ3v) is 11.6. The van der Waals surface area contributed by atoms with Gasteiger partial charge in [-0.25, -0.2) is 0 Å². The predicted octanol–water partition coefficient (Wildman–Crippen LogP) is 7.49. The van der Waals surface area contributed by atoms with Crippen molar-refractivity contribution in [3.05, 3.63) is 136 Å². The molecule has 3 amide bonds. The second kappa shape index (κ2) is 18.1. The van der Waals surface area contributed by atoms with Gasteiger partial charge in [-0.2, -0.15) is 0 Å². The molecule has 0 aliphatic carbocycles. The van der Waals surface area contributed by atoms with Gasteiger partial charge in [0.25, 0.3) is 5.91 Å². The van der Waals surface area contributed by atoms with E-state index in [2.05, 4.69) is 88.8 Å². The van der Waals surface area contributed by atoms with Crippen LogP contribution in [0.1, 0.15) is 95.6 Å². The second-order valence-electron chi connectivity index (χ2n) is 15.3. The van der Waals surface area contributed by atoms with Gasteiger partial charge in [-0.1, -0.05) is 92.2 Å². The zero-order valence-corrected chi connectivity index (χ0v) is 32.1. The molecular formula is C47H54N4O4. The number of hydrogen-bond acceptors (Lipinski definition) is 6. The lowest BCUT2D eigenvalue weighted by Gasteiger charge is -2.29. The molecule has 3 aliphatic rings. The Morgan fingerprint density at radius 1 is 0.727 bits per heavy atom. The van der Waals surface area contributed by atoms with Crippen LogP contribution in [0.15, 0.2) is 97.1 Å². The summed E-state index contributed by atoms with van der Waals surface area (Å²) >= 11 is 0. The fourth-order valence-electron chi connectivity index (χ4n) is 8.53. The number of phenolic OH excluding ortho intramolecular Hbond substituents is 1. The summed E-state index contributed by atoms with van der Waals surface area (Å²) in [6.07, 6.45) is 8.37. The standard InChI is InChI=1S/C47H54N4O4/c1-2-41(36-11-6-3-7-12-36)45(38-18-20-40(52)21-19-38)37-16-13-34(14-17-37)10-5-4-8-26-49-27-9-28-50(31-30-49)29-25-35-15-22-42-39(32-35)33-51(47(42)55)43-23-24-44(53)48-46(43)54/h3,6-7,11-22,32,43,52H,2,4-5,8-10,23-31,33H2,1H3,(H,48,53,54). The summed E-state index contributed by atoms with van der Waals surface area (Å²) in [5.74, 6) is -0.465. The minimum absolute atomic E-state index is 0.114. The number of allylic oxidation sites excluding steroid dienone is 1. The van der Waals surface area contributed by atoms with Gasteiger partial charge in [-0.05, 0) is 127 Å². The van der Waals surface area contributed by atoms with Crippen LogP contribution in [-0.2, 0) is 29.0 Å². The largest absolute Gasteiger partial charge is 0.508 e. The number of rotatable bonds is 14. The van der Waals surface area contributed by atoms with E-state index in [0.29, 0.717) is 18.5 Å². The Labute approximate surface area is 325 Å². The Morgan fingerprint density at radius 3 is 2.13 bits per heavy atom. The van der Waals surface area contributed by atoms with E-state index in [9.17, 15) is 19.5 Å². The molecule has 0 radical (unpaired) electrons. The number of amides is 3. The van der Waals surface area contributed by atoms with E-state index in [0.717, 1.165) is 69.7 Å². The molecule has 1 unspecified atom stereocenters. The molecule has 8 nitrogen and oxygen atoms in total. The first-order valence-electron chi connectivity index (χ1n) is 20.2. The summed E-state index contributed by atoms with van der Waals surface area (Å²) in [6.45, 7) is 9.20. The smallest absolute Gasteiger partial charge is 0.255 e. The highest BCUT2D eigenvalue weighted by molar-refractivity contribution is 6.05. The minimum atomic E-state index is -0.575. The van der Waals surface area contributed by atoms with Crippen molar-refractivity contribution in [1.82, 2.24) is 20.0 Å². The molecule has 7 rings (SSSR count). The average Bonchev–Trinajstić information content (AvgIpc) is 3.35. The van der Waals surface area contributed by atoms with Crippen LogP contribution in [0.3, 0.4) is 0 Å². The molecule has 2 saturated heterocycles. The van der Waals surface area contributed by atoms with Crippen molar-refractivity contribution in [2.24, 2.45) is 0 Å². The van der Waals surface area contributed by atoms with Crippen LogP contribution in [0.4, 0.5) is 0 Å². The number of imide groups is 1. The SMILES string of the molecule is CCC(=C(c1ccc(O)cc1)c1ccc(CCCCCN2CCCN(CCc3ccc4c(c3)CN(C3CCC(=O)NC3=O)C4=O)CC2)cc1)c1ccccc1. The molecule has 3 aliphatic heterocycles. The quantitative estimate of drug-likeness (QED) is 0.0792. The van der Waals surface area contributed by atoms with Gasteiger partial charge >= 0.3 is 0 Å². The van der Waals surface area contributed by atoms with Crippen LogP contribution in [0.2, 0.25) is 0 Å². The van der Waals surface area contributed by atoms with Crippen molar-refractivity contribution >= 4 is 28.9 Å². The number of nitrogens with one attached hydrogen (secondary N) is 1. The molecule has 8 heteroatoms. The zero-order chi connectivity index (χ0) is 38.1. The Morgan fingerprint density at radius 2 is 1.42 bits per heavy atom. The zero-order valence-electron chi connectivity index (χ0n) is 32.1. The van der Waals surface area contributed by atoms with Crippen LogP contribution in [0, 0.1) is 0 Å². The number of piperidine rings is 1. The molecule has 55 heavy (non-hydrogen) atoms. The Hall–Kier alpha value is -5.05. The fraction of sp³-hybridized carbons (Fsp3) is 0.383. The van der Waals surface area contributed by atoms with E-state index < -0.39 is 6.04 Å². The first-order chi connectivity index (χ1) is 26.9. The molecule has 1 atom stereocenters. The summed E-state index contributed by atoms with van der Waals surface area (Å²) in [5.41, 5.74) is 10.3. The number of unbranched alkanes of at least 4 members (excludes halogenated alkanes) is 2. The van der Waals surface area contributed by atoms with Crippen molar-refractivity contribution in [2.75, 3.05) is 39.3 Å². The van der Waals surface area contributed by atoms with Gasteiger partial charge in [0.15, 0.2) is 0 Å². The predicted molar refractivity (Wildman–Crippen MR) is 218 cm³/mol. The molecule has 3 heterocycles. The maximum absolute atomic E-state index is 13.1. The summed E-state index contributed by atoms with van der Waals surface area (Å²) in [4.78, 5) is 43.9. The first kappa shape index (κ1) is 38.2. The number of benzene rings is 4. The van der Waals surface area contributed by atoms with E-state index in [1.54, 1.807) is 17.0 Å². The molecule has 2 fully saturated rings. The topological polar surface area (TPSA) is 93.2 Å². The second-order valence-corrected chi connectivity index (χ2v) is 15.3. The molecule has 286 valence electrons. The molecule has 0 spiro atoms. The van der Waals surface area contributed by atoms with Gasteiger partial charge < -0.3 is 19.8 Å². The Bertz CT molecular complexity index is 1990. The molecule has 4 aromatic carbocycles. The number of aryl methyl sites for hydroxylation is 1. The van der Waals surface area contributed by atoms with Gasteiger partial charge in [-0.3, -0.25) is 19.7 Å². The fourth-order valence-corrected chi connectivity index (χ4v) is 8.53. The Balaban J connectivity index is 0.847. The number of carbonyl (C=O) groups is 3. The average molecular weight is 739 g/mol. The van der Waals surface area contributed by atoms with Gasteiger partial charge in [0.1, 0.15) is 11.8 Å².